The van der Waals surface area contributed by atoms with E-state index in [-0.39, 0.29) is 29.5 Å². The highest BCUT2D eigenvalue weighted by molar-refractivity contribution is 6.55. The number of hydrazine groups is 1. The van der Waals surface area contributed by atoms with Crippen molar-refractivity contribution in [2.24, 2.45) is 5.84 Å². The molecule has 2 rings (SSSR count). The fraction of sp³-hybridized carbons (Fsp3) is 0.250. The van der Waals surface area contributed by atoms with Gasteiger partial charge in [-0.1, -0.05) is 17.7 Å². The first kappa shape index (κ1) is 13.5. The predicted molar refractivity (Wildman–Crippen MR) is 69.7 cm³/mol. The van der Waals surface area contributed by atoms with Crippen molar-refractivity contribution in [3.63, 3.8) is 0 Å². The molecule has 1 aromatic carbocycles. The number of rotatable bonds is 4. The lowest BCUT2D eigenvalue weighted by Gasteiger charge is -2.16. The summed E-state index contributed by atoms with van der Waals surface area (Å²) in [4.78, 5) is 36.0. The zero-order valence-corrected chi connectivity index (χ0v) is 10.7. The summed E-state index contributed by atoms with van der Waals surface area (Å²) in [5.41, 5.74) is 2.74. The van der Waals surface area contributed by atoms with Crippen LogP contribution < -0.4 is 16.2 Å². The highest BCUT2D eigenvalue weighted by atomic mass is 35.5. The molecule has 0 unspecified atom stereocenters. The van der Waals surface area contributed by atoms with E-state index in [4.69, 9.17) is 17.4 Å². The molecule has 0 atom stereocenters. The normalized spacial score (nSPS) is 13.7. The fourth-order valence-electron chi connectivity index (χ4n) is 1.99. The van der Waals surface area contributed by atoms with Crippen LogP contribution in [-0.2, 0) is 9.59 Å². The number of carbonyl (C=O) groups is 3. The Kier molecular flexibility index (Phi) is 3.82. The molecule has 0 radical (unpaired) electrons. The second kappa shape index (κ2) is 5.38. The number of anilines is 1. The van der Waals surface area contributed by atoms with Crippen LogP contribution in [0.4, 0.5) is 5.69 Å². The average molecular weight is 282 g/mol. The van der Waals surface area contributed by atoms with E-state index in [9.17, 15) is 14.4 Å². The minimum absolute atomic E-state index is 0.185. The number of amides is 2. The number of halogens is 1. The minimum atomic E-state index is -0.615. The van der Waals surface area contributed by atoms with E-state index in [1.165, 1.54) is 4.90 Å². The summed E-state index contributed by atoms with van der Waals surface area (Å²) in [6.07, 6.45) is 0.596. The van der Waals surface area contributed by atoms with Crippen molar-refractivity contribution in [2.75, 3.05) is 11.4 Å². The van der Waals surface area contributed by atoms with Crippen LogP contribution in [0.25, 0.3) is 0 Å². The zero-order chi connectivity index (χ0) is 14.0. The standard InChI is InChI=1S/C12H12ClN3O3/c13-7-3-1-4-8-10(7)11(18)12(19)16(8)6-2-5-9(17)15-14/h1,3-4H,2,5-6,14H2,(H,15,17). The number of nitrogens with zero attached hydrogens (tertiary/aromatic N) is 1. The van der Waals surface area contributed by atoms with Crippen LogP contribution in [0.3, 0.4) is 0 Å². The van der Waals surface area contributed by atoms with Gasteiger partial charge in [0.05, 0.1) is 16.3 Å². The lowest BCUT2D eigenvalue weighted by atomic mass is 10.1. The van der Waals surface area contributed by atoms with E-state index < -0.39 is 11.7 Å². The number of hydrogen-bond acceptors (Lipinski definition) is 4. The zero-order valence-electron chi connectivity index (χ0n) is 9.98. The van der Waals surface area contributed by atoms with Crippen molar-refractivity contribution in [1.29, 1.82) is 0 Å². The Bertz CT molecular complexity index is 559. The molecule has 0 bridgehead atoms. The monoisotopic (exact) mass is 281 g/mol. The Morgan fingerprint density at radius 2 is 2.11 bits per heavy atom. The fourth-order valence-corrected chi connectivity index (χ4v) is 2.25. The van der Waals surface area contributed by atoms with Gasteiger partial charge in [0.2, 0.25) is 5.91 Å². The SMILES string of the molecule is NNC(=O)CCCN1C(=O)C(=O)c2c(Cl)cccc21. The lowest BCUT2D eigenvalue weighted by molar-refractivity contribution is -0.121. The first-order valence-electron chi connectivity index (χ1n) is 5.70. The van der Waals surface area contributed by atoms with Crippen LogP contribution in [0.15, 0.2) is 18.2 Å². The number of carbonyl (C=O) groups excluding carboxylic acids is 3. The molecule has 100 valence electrons. The maximum Gasteiger partial charge on any atom is 0.299 e. The Labute approximate surface area is 114 Å². The van der Waals surface area contributed by atoms with Crippen LogP contribution in [-0.4, -0.2) is 24.1 Å². The van der Waals surface area contributed by atoms with Crippen LogP contribution in [0.1, 0.15) is 23.2 Å². The Hall–Kier alpha value is -1.92. The summed E-state index contributed by atoms with van der Waals surface area (Å²) < 4.78 is 0. The molecule has 19 heavy (non-hydrogen) atoms. The summed E-state index contributed by atoms with van der Waals surface area (Å²) in [7, 11) is 0. The first-order valence-corrected chi connectivity index (χ1v) is 6.08. The van der Waals surface area contributed by atoms with Gasteiger partial charge >= 0.3 is 0 Å². The molecule has 3 N–H and O–H groups in total. The molecule has 0 fully saturated rings. The number of nitrogens with two attached hydrogens (primary N) is 1. The number of Topliss-reactive ketones (excluding diaryl/α,β-unsaturated/α-hetero) is 1. The van der Waals surface area contributed by atoms with Gasteiger partial charge in [-0.25, -0.2) is 5.84 Å². The first-order chi connectivity index (χ1) is 9.06. The third-order valence-electron chi connectivity index (χ3n) is 2.90. The van der Waals surface area contributed by atoms with Gasteiger partial charge < -0.3 is 4.90 Å². The van der Waals surface area contributed by atoms with E-state index in [1.807, 2.05) is 5.43 Å². The Morgan fingerprint density at radius 1 is 1.37 bits per heavy atom. The lowest BCUT2D eigenvalue weighted by Crippen LogP contribution is -2.33. The summed E-state index contributed by atoms with van der Waals surface area (Å²) in [6, 6.07) is 4.90. The number of fused-ring (bicyclic) bond motifs is 1. The third-order valence-corrected chi connectivity index (χ3v) is 3.21. The van der Waals surface area contributed by atoms with Crippen molar-refractivity contribution in [3.05, 3.63) is 28.8 Å². The quantitative estimate of drug-likeness (QED) is 0.367. The summed E-state index contributed by atoms with van der Waals surface area (Å²) in [5.74, 6) is 3.42. The van der Waals surface area contributed by atoms with Gasteiger partial charge in [0, 0.05) is 13.0 Å². The highest BCUT2D eigenvalue weighted by Gasteiger charge is 2.36. The summed E-state index contributed by atoms with van der Waals surface area (Å²) in [6.45, 7) is 0.269. The number of ketones is 1. The molecule has 0 spiro atoms. The van der Waals surface area contributed by atoms with Gasteiger partial charge in [0.15, 0.2) is 0 Å². The van der Waals surface area contributed by atoms with Crippen LogP contribution in [0, 0.1) is 0 Å². The topological polar surface area (TPSA) is 92.5 Å². The summed E-state index contributed by atoms with van der Waals surface area (Å²) >= 11 is 5.92. The van der Waals surface area contributed by atoms with E-state index in [1.54, 1.807) is 18.2 Å². The molecule has 0 aliphatic carbocycles. The van der Waals surface area contributed by atoms with Crippen LogP contribution >= 0.6 is 11.6 Å². The second-order valence-electron chi connectivity index (χ2n) is 4.09. The van der Waals surface area contributed by atoms with Gasteiger partial charge in [-0.3, -0.25) is 19.8 Å². The minimum Gasteiger partial charge on any atom is -0.305 e. The van der Waals surface area contributed by atoms with Gasteiger partial charge in [-0.2, -0.15) is 0 Å². The highest BCUT2D eigenvalue weighted by Crippen LogP contribution is 2.34. The molecule has 2 amide bonds. The second-order valence-corrected chi connectivity index (χ2v) is 4.50. The molecule has 6 nitrogen and oxygen atoms in total. The number of hydrogen-bond donors (Lipinski definition) is 2. The maximum atomic E-state index is 11.9. The van der Waals surface area contributed by atoms with E-state index in [2.05, 4.69) is 0 Å². The largest absolute Gasteiger partial charge is 0.305 e. The van der Waals surface area contributed by atoms with Crippen molar-refractivity contribution < 1.29 is 14.4 Å². The van der Waals surface area contributed by atoms with E-state index >= 15 is 0 Å². The molecule has 1 aliphatic rings. The smallest absolute Gasteiger partial charge is 0.299 e. The average Bonchev–Trinajstić information content (AvgIpc) is 2.64. The molecule has 7 heteroatoms. The molecule has 0 saturated heterocycles. The van der Waals surface area contributed by atoms with Gasteiger partial charge in [0.1, 0.15) is 0 Å². The maximum absolute atomic E-state index is 11.9. The van der Waals surface area contributed by atoms with Crippen LogP contribution in [0.2, 0.25) is 5.02 Å². The molecule has 1 heterocycles. The Morgan fingerprint density at radius 3 is 2.79 bits per heavy atom. The Balaban J connectivity index is 2.15. The van der Waals surface area contributed by atoms with Gasteiger partial charge in [-0.05, 0) is 18.6 Å². The number of nitrogens with one attached hydrogen (secondary N) is 1. The van der Waals surface area contributed by atoms with Crippen molar-refractivity contribution in [1.82, 2.24) is 5.43 Å². The third kappa shape index (κ3) is 2.45. The van der Waals surface area contributed by atoms with Crippen molar-refractivity contribution >= 4 is 34.9 Å². The summed E-state index contributed by atoms with van der Waals surface area (Å²) in [5, 5.41) is 0.262. The van der Waals surface area contributed by atoms with Crippen molar-refractivity contribution in [2.45, 2.75) is 12.8 Å². The molecule has 0 saturated carbocycles. The number of benzene rings is 1. The van der Waals surface area contributed by atoms with Crippen LogP contribution in [0.5, 0.6) is 0 Å². The van der Waals surface area contributed by atoms with E-state index in [0.29, 0.717) is 12.1 Å². The van der Waals surface area contributed by atoms with Gasteiger partial charge in [0.25, 0.3) is 11.7 Å². The molecule has 1 aliphatic heterocycles. The molecule has 1 aromatic rings. The predicted octanol–water partition coefficient (Wildman–Crippen LogP) is 0.639. The molecular weight excluding hydrogens is 270 g/mol. The van der Waals surface area contributed by atoms with E-state index in [0.717, 1.165) is 0 Å². The molecule has 0 aromatic heterocycles. The van der Waals surface area contributed by atoms with Gasteiger partial charge in [-0.15, -0.1) is 0 Å². The molecular formula is C12H12ClN3O3. The van der Waals surface area contributed by atoms with Crippen molar-refractivity contribution in [3.8, 4) is 0 Å².